The third-order valence-corrected chi connectivity index (χ3v) is 13.1. The van der Waals surface area contributed by atoms with E-state index in [0.717, 1.165) is 36.7 Å². The quantitative estimate of drug-likeness (QED) is 0.294. The van der Waals surface area contributed by atoms with Gasteiger partial charge in [0.25, 0.3) is 0 Å². The molecule has 0 radical (unpaired) electrons. The smallest absolute Gasteiger partial charge is 0.165 e. The molecule has 0 aromatic heterocycles. The van der Waals surface area contributed by atoms with Crippen molar-refractivity contribution in [1.29, 1.82) is 0 Å². The molecule has 2 heterocycles. The van der Waals surface area contributed by atoms with E-state index in [1.807, 2.05) is 7.11 Å². The van der Waals surface area contributed by atoms with Gasteiger partial charge in [-0.3, -0.25) is 0 Å². The van der Waals surface area contributed by atoms with Crippen molar-refractivity contribution >= 4 is 10.8 Å². The summed E-state index contributed by atoms with van der Waals surface area (Å²) in [5.41, 5.74) is 4.06. The number of likely N-dealkylation sites (N-methyl/N-ethyl adjacent to an activating group) is 1. The Hall–Kier alpha value is -2.60. The van der Waals surface area contributed by atoms with Gasteiger partial charge in [0, 0.05) is 42.8 Å². The molecule has 220 valence electrons. The molecular weight excluding hydrogens is 522 g/mol. The fraction of sp³-hybridized carbons (Fsp3) is 0.568. The minimum absolute atomic E-state index is 0.000456. The highest BCUT2D eigenvalue weighted by atomic mass is 16.6. The van der Waals surface area contributed by atoms with Crippen LogP contribution in [0.2, 0.25) is 0 Å². The first-order valence-corrected chi connectivity index (χ1v) is 16.3. The third-order valence-electron chi connectivity index (χ3n) is 13.1. The molecule has 0 N–H and O–H groups in total. The fourth-order valence-corrected chi connectivity index (χ4v) is 11.3. The first-order chi connectivity index (χ1) is 20.5. The van der Waals surface area contributed by atoms with Crippen LogP contribution < -0.4 is 9.47 Å². The lowest BCUT2D eigenvalue weighted by Crippen LogP contribution is -2.83. The van der Waals surface area contributed by atoms with Gasteiger partial charge >= 0.3 is 0 Å². The number of quaternary nitrogens is 1. The largest absolute Gasteiger partial charge is 0.493 e. The molecule has 4 saturated carbocycles. The van der Waals surface area contributed by atoms with Crippen molar-refractivity contribution in [3.8, 4) is 11.5 Å². The molecule has 10 rings (SSSR count). The summed E-state index contributed by atoms with van der Waals surface area (Å²) in [6.07, 6.45) is 8.61. The maximum atomic E-state index is 7.22. The standard InChI is InChI=1S/C37H44NO4/c1-38(21-24-8-9-24)17-16-36-32-28-12-13-30(39-2)33(32)42-34(36)37(40-3)15-14-35(36,31(38)19-28)20-29(37)23-41-22-25-10-11-26-6-4-5-7-27(26)18-25/h4-7,10-13,18,24,29,31,34H,8-9,14-17,19-23H2,1-3H3/q+1/t29-,31-,34-,35-,36+,37-,38-/m1/s1. The van der Waals surface area contributed by atoms with Crippen molar-refractivity contribution in [2.45, 2.75) is 74.7 Å². The highest BCUT2D eigenvalue weighted by Crippen LogP contribution is 2.77. The molecule has 5 fully saturated rings. The number of rotatable bonds is 8. The minimum atomic E-state index is -0.356. The van der Waals surface area contributed by atoms with Crippen LogP contribution in [0.15, 0.2) is 54.6 Å². The van der Waals surface area contributed by atoms with Crippen molar-refractivity contribution in [2.24, 2.45) is 17.3 Å². The molecule has 3 aromatic carbocycles. The Morgan fingerprint density at radius 1 is 0.976 bits per heavy atom. The Labute approximate surface area is 249 Å². The lowest BCUT2D eigenvalue weighted by Gasteiger charge is -2.74. The minimum Gasteiger partial charge on any atom is -0.493 e. The van der Waals surface area contributed by atoms with Gasteiger partial charge in [0.05, 0.1) is 51.9 Å². The number of benzene rings is 3. The molecule has 7 atom stereocenters. The molecule has 0 amide bonds. The Balaban J connectivity index is 1.11. The summed E-state index contributed by atoms with van der Waals surface area (Å²) in [4.78, 5) is 0. The van der Waals surface area contributed by atoms with Crippen LogP contribution in [-0.2, 0) is 27.9 Å². The van der Waals surface area contributed by atoms with E-state index in [4.69, 9.17) is 18.9 Å². The van der Waals surface area contributed by atoms with Gasteiger partial charge in [-0.25, -0.2) is 0 Å². The van der Waals surface area contributed by atoms with Crippen LogP contribution in [0.1, 0.15) is 55.2 Å². The average Bonchev–Trinajstić information content (AvgIpc) is 3.75. The molecule has 7 aliphatic rings. The van der Waals surface area contributed by atoms with Gasteiger partial charge < -0.3 is 23.4 Å². The van der Waals surface area contributed by atoms with Crippen LogP contribution in [0, 0.1) is 17.3 Å². The molecule has 3 aromatic rings. The van der Waals surface area contributed by atoms with E-state index >= 15 is 0 Å². The van der Waals surface area contributed by atoms with E-state index in [1.165, 1.54) is 70.7 Å². The molecule has 2 aliphatic heterocycles. The van der Waals surface area contributed by atoms with Crippen molar-refractivity contribution < 1.29 is 23.4 Å². The first-order valence-electron chi connectivity index (χ1n) is 16.3. The Bertz CT molecular complexity index is 1580. The summed E-state index contributed by atoms with van der Waals surface area (Å²) >= 11 is 0. The van der Waals surface area contributed by atoms with E-state index in [0.29, 0.717) is 25.2 Å². The van der Waals surface area contributed by atoms with Crippen LogP contribution in [0.3, 0.4) is 0 Å². The molecule has 5 aliphatic carbocycles. The van der Waals surface area contributed by atoms with E-state index in [2.05, 4.69) is 61.6 Å². The summed E-state index contributed by atoms with van der Waals surface area (Å²) < 4.78 is 27.8. The average molecular weight is 567 g/mol. The molecule has 4 bridgehead atoms. The van der Waals surface area contributed by atoms with Gasteiger partial charge in [0.15, 0.2) is 11.5 Å². The van der Waals surface area contributed by atoms with Crippen LogP contribution >= 0.6 is 0 Å². The van der Waals surface area contributed by atoms with Gasteiger partial charge in [0.1, 0.15) is 11.7 Å². The molecular formula is C37H44NO4+. The van der Waals surface area contributed by atoms with Crippen LogP contribution in [-0.4, -0.2) is 63.2 Å². The Morgan fingerprint density at radius 3 is 2.64 bits per heavy atom. The molecule has 42 heavy (non-hydrogen) atoms. The van der Waals surface area contributed by atoms with Gasteiger partial charge in [-0.2, -0.15) is 0 Å². The van der Waals surface area contributed by atoms with Crippen LogP contribution in [0.4, 0.5) is 0 Å². The van der Waals surface area contributed by atoms with Crippen molar-refractivity contribution in [3.05, 3.63) is 71.3 Å². The maximum Gasteiger partial charge on any atom is 0.165 e. The molecule has 1 saturated heterocycles. The zero-order chi connectivity index (χ0) is 28.3. The molecule has 2 spiro atoms. The Kier molecular flexibility index (Phi) is 5.38. The molecule has 5 heteroatoms. The van der Waals surface area contributed by atoms with Crippen molar-refractivity contribution in [2.75, 3.05) is 41.0 Å². The van der Waals surface area contributed by atoms with Crippen LogP contribution in [0.25, 0.3) is 10.8 Å². The van der Waals surface area contributed by atoms with Gasteiger partial charge in [0.2, 0.25) is 0 Å². The lowest BCUT2D eigenvalue weighted by molar-refractivity contribution is -0.952. The SMILES string of the molecule is COc1ccc2c3c1O[C@H]1[C@@]4(OC)CC[C@@]5(C[C@@H]4COCc4ccc6ccccc6c4)[C@@H](C2)[N@@+](C)(CC2CC2)CC[C@]315. The number of nitrogens with zero attached hydrogens (tertiary/aromatic N) is 1. The second-order valence-electron chi connectivity index (χ2n) is 14.8. The van der Waals surface area contributed by atoms with Crippen molar-refractivity contribution in [1.82, 2.24) is 0 Å². The highest BCUT2D eigenvalue weighted by Gasteiger charge is 2.83. The van der Waals surface area contributed by atoms with E-state index in [1.54, 1.807) is 7.11 Å². The zero-order valence-electron chi connectivity index (χ0n) is 25.4. The van der Waals surface area contributed by atoms with Gasteiger partial charge in [-0.1, -0.05) is 42.5 Å². The summed E-state index contributed by atoms with van der Waals surface area (Å²) in [6, 6.07) is 20.4. The number of hydrogen-bond donors (Lipinski definition) is 0. The number of methoxy groups -OCH3 is 2. The number of hydrogen-bond acceptors (Lipinski definition) is 4. The second-order valence-corrected chi connectivity index (χ2v) is 14.8. The highest BCUT2D eigenvalue weighted by molar-refractivity contribution is 5.82. The topological polar surface area (TPSA) is 36.9 Å². The predicted octanol–water partition coefficient (Wildman–Crippen LogP) is 6.43. The monoisotopic (exact) mass is 566 g/mol. The molecule has 5 nitrogen and oxygen atoms in total. The zero-order valence-corrected chi connectivity index (χ0v) is 25.4. The fourth-order valence-electron chi connectivity index (χ4n) is 11.3. The molecule has 0 unspecified atom stereocenters. The number of fused-ring (bicyclic) bond motifs is 3. The van der Waals surface area contributed by atoms with E-state index < -0.39 is 0 Å². The number of likely N-dealkylation sites (tertiary alicyclic amines) is 1. The second kappa shape index (κ2) is 8.74. The normalized spacial score (nSPS) is 38.8. The van der Waals surface area contributed by atoms with E-state index in [-0.39, 0.29) is 22.5 Å². The summed E-state index contributed by atoms with van der Waals surface area (Å²) in [7, 11) is 6.33. The Morgan fingerprint density at radius 2 is 1.83 bits per heavy atom. The van der Waals surface area contributed by atoms with E-state index in [9.17, 15) is 0 Å². The van der Waals surface area contributed by atoms with Crippen LogP contribution in [0.5, 0.6) is 11.5 Å². The first kappa shape index (κ1) is 25.9. The van der Waals surface area contributed by atoms with Crippen molar-refractivity contribution in [3.63, 3.8) is 0 Å². The van der Waals surface area contributed by atoms with Gasteiger partial charge in [-0.05, 0) is 66.1 Å². The number of piperidine rings is 1. The lowest BCUT2D eigenvalue weighted by atomic mass is 9.34. The number of ether oxygens (including phenoxy) is 4. The summed E-state index contributed by atoms with van der Waals surface area (Å²) in [5.74, 6) is 3.12. The van der Waals surface area contributed by atoms with Gasteiger partial charge in [-0.15, -0.1) is 0 Å². The maximum absolute atomic E-state index is 7.22. The third kappa shape index (κ3) is 3.15. The predicted molar refractivity (Wildman–Crippen MR) is 163 cm³/mol. The summed E-state index contributed by atoms with van der Waals surface area (Å²) in [5, 5.41) is 2.55. The summed E-state index contributed by atoms with van der Waals surface area (Å²) in [6.45, 7) is 3.91.